The molecule has 2 heterocycles. The predicted molar refractivity (Wildman–Crippen MR) is 68.8 cm³/mol. The van der Waals surface area contributed by atoms with Crippen LogP contribution in [0.1, 0.15) is 6.04 Å². The lowest BCUT2D eigenvalue weighted by atomic mass is 10.1. The lowest BCUT2D eigenvalue weighted by Gasteiger charge is -2.19. The van der Waals surface area contributed by atoms with Crippen molar-refractivity contribution in [1.82, 2.24) is 14.5 Å². The van der Waals surface area contributed by atoms with Crippen LogP contribution in [0.3, 0.4) is 0 Å². The first-order valence-corrected chi connectivity index (χ1v) is 6.16. The van der Waals surface area contributed by atoms with Crippen molar-refractivity contribution in [2.45, 2.75) is 18.2 Å². The highest BCUT2D eigenvalue weighted by molar-refractivity contribution is 6.33. The van der Waals surface area contributed by atoms with Gasteiger partial charge < -0.3 is 19.9 Å². The van der Waals surface area contributed by atoms with Crippen LogP contribution < -0.4 is 0 Å². The second kappa shape index (κ2) is 4.57. The second-order valence-electron chi connectivity index (χ2n) is 4.45. The number of fused-ring (bicyclic) bond motifs is 1. The van der Waals surface area contributed by atoms with Gasteiger partial charge in [0.25, 0.3) is 0 Å². The minimum Gasteiger partial charge on any atom is -0.392 e. The molecule has 1 aliphatic rings. The minimum atomic E-state index is -1.07. The highest BCUT2D eigenvalue weighted by Crippen LogP contribution is 2.32. The molecule has 0 saturated carbocycles. The van der Waals surface area contributed by atoms with Gasteiger partial charge in [0.1, 0.15) is 17.7 Å². The molecule has 2 aromatic heterocycles. The van der Waals surface area contributed by atoms with Gasteiger partial charge in [-0.15, -0.1) is 0 Å². The van der Waals surface area contributed by atoms with Crippen LogP contribution in [0.25, 0.3) is 11.0 Å². The van der Waals surface area contributed by atoms with Gasteiger partial charge in [0.2, 0.25) is 0 Å². The van der Waals surface area contributed by atoms with Gasteiger partial charge in [-0.2, -0.15) is 0 Å². The summed E-state index contributed by atoms with van der Waals surface area (Å²) < 4.78 is 1.71. The fraction of sp³-hybridized carbons (Fsp3) is 0.333. The number of aliphatic hydroxyl groups excluding tert-OH is 3. The maximum absolute atomic E-state index is 10.0. The lowest BCUT2D eigenvalue weighted by Crippen LogP contribution is -2.29. The third kappa shape index (κ3) is 1.84. The van der Waals surface area contributed by atoms with E-state index in [0.717, 1.165) is 0 Å². The standard InChI is InChI=1S/C12H12ClN3O3/c13-12-9-7(1-2-14-12)16(5-15-9)8-3-6(4-17)10(18)11(8)19/h1-3,5,8,10-11,17-19H,4H2/t8-,10?,11?/m1/s1. The van der Waals surface area contributed by atoms with E-state index in [9.17, 15) is 10.2 Å². The predicted octanol–water partition coefficient (Wildman–Crippen LogP) is 0.280. The third-order valence-corrected chi connectivity index (χ3v) is 3.67. The molecule has 0 radical (unpaired) electrons. The lowest BCUT2D eigenvalue weighted by molar-refractivity contribution is 0.0288. The van der Waals surface area contributed by atoms with E-state index in [1.54, 1.807) is 22.9 Å². The maximum atomic E-state index is 10.0. The summed E-state index contributed by atoms with van der Waals surface area (Å²) in [5, 5.41) is 29.3. The molecular formula is C12H12ClN3O3. The maximum Gasteiger partial charge on any atom is 0.156 e. The fourth-order valence-corrected chi connectivity index (χ4v) is 2.58. The van der Waals surface area contributed by atoms with Crippen molar-refractivity contribution in [1.29, 1.82) is 0 Å². The molecule has 3 rings (SSSR count). The molecule has 6 nitrogen and oxygen atoms in total. The zero-order valence-electron chi connectivity index (χ0n) is 9.81. The van der Waals surface area contributed by atoms with E-state index in [0.29, 0.717) is 16.6 Å². The van der Waals surface area contributed by atoms with Gasteiger partial charge in [0, 0.05) is 6.20 Å². The Hall–Kier alpha value is -1.47. The molecule has 3 atom stereocenters. The summed E-state index contributed by atoms with van der Waals surface area (Å²) >= 11 is 5.94. The zero-order chi connectivity index (χ0) is 13.6. The van der Waals surface area contributed by atoms with Gasteiger partial charge in [0.15, 0.2) is 5.15 Å². The summed E-state index contributed by atoms with van der Waals surface area (Å²) in [4.78, 5) is 8.09. The first-order chi connectivity index (χ1) is 9.13. The normalized spacial score (nSPS) is 26.9. The van der Waals surface area contributed by atoms with Crippen LogP contribution in [0.15, 0.2) is 30.2 Å². The molecule has 2 unspecified atom stereocenters. The van der Waals surface area contributed by atoms with E-state index in [2.05, 4.69) is 9.97 Å². The largest absolute Gasteiger partial charge is 0.392 e. The van der Waals surface area contributed by atoms with Gasteiger partial charge in [-0.25, -0.2) is 9.97 Å². The van der Waals surface area contributed by atoms with Crippen LogP contribution in [-0.4, -0.2) is 48.7 Å². The number of aromatic nitrogens is 3. The summed E-state index contributed by atoms with van der Waals surface area (Å²) in [6, 6.07) is 1.25. The summed E-state index contributed by atoms with van der Waals surface area (Å²) in [5.41, 5.74) is 1.66. The van der Waals surface area contributed by atoms with Crippen LogP contribution in [0.2, 0.25) is 5.15 Å². The van der Waals surface area contributed by atoms with Gasteiger partial charge in [-0.3, -0.25) is 0 Å². The Labute approximate surface area is 113 Å². The number of hydrogen-bond donors (Lipinski definition) is 3. The number of rotatable bonds is 2. The van der Waals surface area contributed by atoms with E-state index in [4.69, 9.17) is 16.7 Å². The number of pyridine rings is 1. The summed E-state index contributed by atoms with van der Waals surface area (Å²) in [7, 11) is 0. The number of halogens is 1. The average molecular weight is 282 g/mol. The number of imidazole rings is 1. The van der Waals surface area contributed by atoms with Crippen LogP contribution in [-0.2, 0) is 0 Å². The molecule has 100 valence electrons. The third-order valence-electron chi connectivity index (χ3n) is 3.39. The highest BCUT2D eigenvalue weighted by atomic mass is 35.5. The molecular weight excluding hydrogens is 270 g/mol. The molecule has 0 amide bonds. The van der Waals surface area contributed by atoms with Crippen LogP contribution in [0, 0.1) is 0 Å². The van der Waals surface area contributed by atoms with Crippen molar-refractivity contribution < 1.29 is 15.3 Å². The first-order valence-electron chi connectivity index (χ1n) is 5.78. The topological polar surface area (TPSA) is 91.4 Å². The second-order valence-corrected chi connectivity index (χ2v) is 4.81. The molecule has 3 N–H and O–H groups in total. The molecule has 0 bridgehead atoms. The Kier molecular flexibility index (Phi) is 3.02. The van der Waals surface area contributed by atoms with E-state index in [1.807, 2.05) is 0 Å². The van der Waals surface area contributed by atoms with Crippen molar-refractivity contribution >= 4 is 22.6 Å². The zero-order valence-corrected chi connectivity index (χ0v) is 10.6. The van der Waals surface area contributed by atoms with E-state index in [-0.39, 0.29) is 11.8 Å². The van der Waals surface area contributed by atoms with Crippen molar-refractivity contribution in [2.24, 2.45) is 0 Å². The number of aliphatic hydroxyl groups is 3. The molecule has 0 spiro atoms. The summed E-state index contributed by atoms with van der Waals surface area (Å²) in [6.45, 7) is -0.288. The quantitative estimate of drug-likeness (QED) is 0.543. The molecule has 1 aliphatic carbocycles. The molecule has 0 fully saturated rings. The monoisotopic (exact) mass is 281 g/mol. The highest BCUT2D eigenvalue weighted by Gasteiger charge is 2.35. The Morgan fingerprint density at radius 3 is 2.79 bits per heavy atom. The van der Waals surface area contributed by atoms with Crippen LogP contribution >= 0.6 is 11.6 Å². The van der Waals surface area contributed by atoms with Gasteiger partial charge in [-0.1, -0.05) is 17.7 Å². The minimum absolute atomic E-state index is 0.288. The molecule has 2 aromatic rings. The summed E-state index contributed by atoms with van der Waals surface area (Å²) in [5.74, 6) is 0. The Morgan fingerprint density at radius 2 is 2.11 bits per heavy atom. The summed E-state index contributed by atoms with van der Waals surface area (Å²) in [6.07, 6.45) is 2.65. The first kappa shape index (κ1) is 12.6. The van der Waals surface area contributed by atoms with E-state index in [1.165, 1.54) is 6.33 Å². The Balaban J connectivity index is 2.11. The van der Waals surface area contributed by atoms with Crippen molar-refractivity contribution in [3.63, 3.8) is 0 Å². The van der Waals surface area contributed by atoms with Crippen molar-refractivity contribution in [3.8, 4) is 0 Å². The number of nitrogens with zero attached hydrogens (tertiary/aromatic N) is 3. The Bertz CT molecular complexity index is 655. The SMILES string of the molecule is OCC1=C[C@@H](n2cnc3c(Cl)nccc32)C(O)C1O. The van der Waals surface area contributed by atoms with Gasteiger partial charge >= 0.3 is 0 Å². The molecule has 7 heteroatoms. The van der Waals surface area contributed by atoms with Crippen molar-refractivity contribution in [3.05, 3.63) is 35.4 Å². The smallest absolute Gasteiger partial charge is 0.156 e. The van der Waals surface area contributed by atoms with Crippen LogP contribution in [0.4, 0.5) is 0 Å². The van der Waals surface area contributed by atoms with E-state index < -0.39 is 18.2 Å². The molecule has 0 aromatic carbocycles. The van der Waals surface area contributed by atoms with Gasteiger partial charge in [-0.05, 0) is 11.6 Å². The average Bonchev–Trinajstić information content (AvgIpc) is 2.94. The fourth-order valence-electron chi connectivity index (χ4n) is 2.38. The van der Waals surface area contributed by atoms with Crippen LogP contribution in [0.5, 0.6) is 0 Å². The molecule has 0 saturated heterocycles. The molecule has 0 aliphatic heterocycles. The molecule has 19 heavy (non-hydrogen) atoms. The van der Waals surface area contributed by atoms with Gasteiger partial charge in [0.05, 0.1) is 24.5 Å². The van der Waals surface area contributed by atoms with Crippen molar-refractivity contribution in [2.75, 3.05) is 6.61 Å². The van der Waals surface area contributed by atoms with E-state index >= 15 is 0 Å². The Morgan fingerprint density at radius 1 is 1.32 bits per heavy atom. The number of hydrogen-bond acceptors (Lipinski definition) is 5.